The minimum atomic E-state index is -0.629. The van der Waals surface area contributed by atoms with Crippen molar-refractivity contribution in [1.29, 1.82) is 0 Å². The first-order valence-corrected chi connectivity index (χ1v) is 6.16. The van der Waals surface area contributed by atoms with E-state index in [4.69, 9.17) is 0 Å². The number of pyridine rings is 1. The Morgan fingerprint density at radius 1 is 1.28 bits per heavy atom. The number of hydrogen-bond donors (Lipinski definition) is 1. The second kappa shape index (κ2) is 5.44. The lowest BCUT2D eigenvalue weighted by Gasteiger charge is -2.10. The summed E-state index contributed by atoms with van der Waals surface area (Å²) in [7, 11) is 0. The van der Waals surface area contributed by atoms with Gasteiger partial charge in [0.15, 0.2) is 0 Å². The highest BCUT2D eigenvalue weighted by Gasteiger charge is 2.10. The van der Waals surface area contributed by atoms with Gasteiger partial charge in [-0.3, -0.25) is 4.98 Å². The molecule has 5 heteroatoms. The Morgan fingerprint density at radius 3 is 2.56 bits per heavy atom. The van der Waals surface area contributed by atoms with Crippen LogP contribution in [0.1, 0.15) is 11.3 Å². The lowest BCUT2D eigenvalue weighted by atomic mass is 10.2. The van der Waals surface area contributed by atoms with E-state index in [9.17, 15) is 8.78 Å². The van der Waals surface area contributed by atoms with Gasteiger partial charge in [0.05, 0.1) is 12.2 Å². The van der Waals surface area contributed by atoms with Crippen LogP contribution >= 0.6 is 15.9 Å². The van der Waals surface area contributed by atoms with Crippen molar-refractivity contribution in [3.8, 4) is 0 Å². The molecule has 0 aliphatic carbocycles. The Bertz CT molecular complexity index is 550. The summed E-state index contributed by atoms with van der Waals surface area (Å²) in [5.41, 5.74) is 1.60. The molecule has 0 saturated carbocycles. The van der Waals surface area contributed by atoms with Crippen molar-refractivity contribution in [3.05, 3.63) is 57.8 Å². The predicted molar refractivity (Wildman–Crippen MR) is 70.4 cm³/mol. The highest BCUT2D eigenvalue weighted by atomic mass is 79.9. The second-order valence-corrected chi connectivity index (χ2v) is 4.78. The van der Waals surface area contributed by atoms with Crippen LogP contribution in [0, 0.1) is 18.6 Å². The number of aryl methyl sites for hydroxylation is 1. The van der Waals surface area contributed by atoms with Gasteiger partial charge in [0.2, 0.25) is 0 Å². The molecule has 0 spiro atoms. The standard InChI is InChI=1S/C13H11BrF2N2/c1-8-3-2-4-17-12(8)7-18-13-10(15)5-9(14)6-11(13)16/h2-6,18H,7H2,1H3. The number of rotatable bonds is 3. The summed E-state index contributed by atoms with van der Waals surface area (Å²) >= 11 is 3.03. The molecule has 2 rings (SSSR count). The molecular formula is C13H11BrF2N2. The van der Waals surface area contributed by atoms with Crippen molar-refractivity contribution in [2.45, 2.75) is 13.5 Å². The maximum absolute atomic E-state index is 13.6. The highest BCUT2D eigenvalue weighted by Crippen LogP contribution is 2.24. The summed E-state index contributed by atoms with van der Waals surface area (Å²) in [6, 6.07) is 6.16. The van der Waals surface area contributed by atoms with Crippen LogP contribution < -0.4 is 5.32 Å². The quantitative estimate of drug-likeness (QED) is 0.925. The molecule has 1 aromatic carbocycles. The Labute approximate surface area is 112 Å². The van der Waals surface area contributed by atoms with E-state index in [0.717, 1.165) is 11.3 Å². The van der Waals surface area contributed by atoms with Gasteiger partial charge in [0.1, 0.15) is 17.3 Å². The third kappa shape index (κ3) is 2.85. The van der Waals surface area contributed by atoms with Crippen molar-refractivity contribution in [2.75, 3.05) is 5.32 Å². The van der Waals surface area contributed by atoms with Gasteiger partial charge < -0.3 is 5.32 Å². The maximum Gasteiger partial charge on any atom is 0.150 e. The van der Waals surface area contributed by atoms with Crippen molar-refractivity contribution in [3.63, 3.8) is 0 Å². The van der Waals surface area contributed by atoms with Crippen molar-refractivity contribution in [1.82, 2.24) is 4.98 Å². The predicted octanol–water partition coefficient (Wildman–Crippen LogP) is 4.04. The molecule has 18 heavy (non-hydrogen) atoms. The third-order valence-corrected chi connectivity index (χ3v) is 3.02. The second-order valence-electron chi connectivity index (χ2n) is 3.86. The number of nitrogens with zero attached hydrogens (tertiary/aromatic N) is 1. The SMILES string of the molecule is Cc1cccnc1CNc1c(F)cc(Br)cc1F. The summed E-state index contributed by atoms with van der Waals surface area (Å²) in [4.78, 5) is 4.15. The smallest absolute Gasteiger partial charge is 0.150 e. The molecule has 1 N–H and O–H groups in total. The molecular weight excluding hydrogens is 302 g/mol. The maximum atomic E-state index is 13.6. The van der Waals surface area contributed by atoms with Crippen LogP contribution in [0.4, 0.5) is 14.5 Å². The number of halogens is 3. The van der Waals surface area contributed by atoms with Gasteiger partial charge in [-0.25, -0.2) is 8.78 Å². The van der Waals surface area contributed by atoms with Gasteiger partial charge >= 0.3 is 0 Å². The van der Waals surface area contributed by atoms with Crippen molar-refractivity contribution in [2.24, 2.45) is 0 Å². The fraction of sp³-hybridized carbons (Fsp3) is 0.154. The first-order valence-electron chi connectivity index (χ1n) is 5.37. The van der Waals surface area contributed by atoms with Gasteiger partial charge in [-0.05, 0) is 30.7 Å². The van der Waals surface area contributed by atoms with Gasteiger partial charge in [-0.15, -0.1) is 0 Å². The van der Waals surface area contributed by atoms with E-state index in [1.165, 1.54) is 12.1 Å². The zero-order valence-electron chi connectivity index (χ0n) is 9.67. The molecule has 0 aliphatic heterocycles. The van der Waals surface area contributed by atoms with E-state index in [-0.39, 0.29) is 12.2 Å². The fourth-order valence-corrected chi connectivity index (χ4v) is 1.99. The van der Waals surface area contributed by atoms with Crippen LogP contribution in [-0.2, 0) is 6.54 Å². The molecule has 1 aromatic heterocycles. The summed E-state index contributed by atoms with van der Waals surface area (Å²) in [5, 5.41) is 2.73. The molecule has 0 radical (unpaired) electrons. The summed E-state index contributed by atoms with van der Waals surface area (Å²) in [6.45, 7) is 2.18. The lowest BCUT2D eigenvalue weighted by molar-refractivity contribution is 0.586. The minimum absolute atomic E-state index is 0.136. The molecule has 0 fully saturated rings. The first kappa shape index (κ1) is 13.0. The zero-order chi connectivity index (χ0) is 13.1. The Balaban J connectivity index is 2.19. The zero-order valence-corrected chi connectivity index (χ0v) is 11.3. The Kier molecular flexibility index (Phi) is 3.91. The van der Waals surface area contributed by atoms with Crippen molar-refractivity contribution >= 4 is 21.6 Å². The largest absolute Gasteiger partial charge is 0.375 e. The summed E-state index contributed by atoms with van der Waals surface area (Å²) < 4.78 is 27.5. The molecule has 0 unspecified atom stereocenters. The molecule has 2 nitrogen and oxygen atoms in total. The van der Waals surface area contributed by atoms with Crippen LogP contribution in [-0.4, -0.2) is 4.98 Å². The normalized spacial score (nSPS) is 10.4. The first-order chi connectivity index (χ1) is 8.58. The topological polar surface area (TPSA) is 24.9 Å². The van der Waals surface area contributed by atoms with Gasteiger partial charge in [-0.2, -0.15) is 0 Å². The van der Waals surface area contributed by atoms with Gasteiger partial charge in [0, 0.05) is 10.7 Å². The average molecular weight is 313 g/mol. The summed E-state index contributed by atoms with van der Waals surface area (Å²) in [5.74, 6) is -1.26. The molecule has 0 saturated heterocycles. The lowest BCUT2D eigenvalue weighted by Crippen LogP contribution is -2.06. The van der Waals surface area contributed by atoms with E-state index in [1.54, 1.807) is 6.20 Å². The van der Waals surface area contributed by atoms with E-state index in [1.807, 2.05) is 19.1 Å². The molecule has 1 heterocycles. The van der Waals surface area contributed by atoms with E-state index in [2.05, 4.69) is 26.2 Å². The highest BCUT2D eigenvalue weighted by molar-refractivity contribution is 9.10. The average Bonchev–Trinajstić information content (AvgIpc) is 2.30. The number of anilines is 1. The Hall–Kier alpha value is -1.49. The molecule has 0 atom stereocenters. The van der Waals surface area contributed by atoms with E-state index >= 15 is 0 Å². The number of benzene rings is 1. The van der Waals surface area contributed by atoms with Crippen LogP contribution in [0.15, 0.2) is 34.9 Å². The number of nitrogens with one attached hydrogen (secondary N) is 1. The molecule has 0 bridgehead atoms. The number of hydrogen-bond acceptors (Lipinski definition) is 2. The van der Waals surface area contributed by atoms with Gasteiger partial charge in [-0.1, -0.05) is 22.0 Å². The summed E-state index contributed by atoms with van der Waals surface area (Å²) in [6.07, 6.45) is 1.65. The molecule has 0 amide bonds. The van der Waals surface area contributed by atoms with E-state index in [0.29, 0.717) is 4.47 Å². The van der Waals surface area contributed by atoms with Crippen LogP contribution in [0.2, 0.25) is 0 Å². The van der Waals surface area contributed by atoms with E-state index < -0.39 is 11.6 Å². The van der Waals surface area contributed by atoms with Crippen LogP contribution in [0.25, 0.3) is 0 Å². The van der Waals surface area contributed by atoms with Crippen LogP contribution in [0.3, 0.4) is 0 Å². The molecule has 0 aliphatic rings. The minimum Gasteiger partial charge on any atom is -0.375 e. The van der Waals surface area contributed by atoms with Crippen molar-refractivity contribution < 1.29 is 8.78 Å². The van der Waals surface area contributed by atoms with Crippen LogP contribution in [0.5, 0.6) is 0 Å². The molecule has 94 valence electrons. The third-order valence-electron chi connectivity index (χ3n) is 2.56. The molecule has 2 aromatic rings. The fourth-order valence-electron chi connectivity index (χ4n) is 1.59. The number of aromatic nitrogens is 1. The monoisotopic (exact) mass is 312 g/mol. The Morgan fingerprint density at radius 2 is 1.94 bits per heavy atom. The van der Waals surface area contributed by atoms with Gasteiger partial charge in [0.25, 0.3) is 0 Å².